The van der Waals surface area contributed by atoms with Gasteiger partial charge in [0.25, 0.3) is 5.88 Å². The van der Waals surface area contributed by atoms with Crippen LogP contribution in [0.4, 0.5) is 5.69 Å². The summed E-state index contributed by atoms with van der Waals surface area (Å²) in [4.78, 5) is 14.6. The van der Waals surface area contributed by atoms with Crippen molar-refractivity contribution in [2.45, 2.75) is 0 Å². The molecule has 0 radical (unpaired) electrons. The lowest BCUT2D eigenvalue weighted by Gasteiger charge is -2.14. The smallest absolute Gasteiger partial charge is 0.356 e. The first-order valence-electron chi connectivity index (χ1n) is 4.25. The van der Waals surface area contributed by atoms with E-state index in [0.717, 1.165) is 0 Å². The molecular weight excluding hydrogens is 216 g/mol. The highest BCUT2D eigenvalue weighted by Crippen LogP contribution is 2.41. The maximum Gasteiger partial charge on any atom is 0.356 e. The molecule has 1 heterocycles. The van der Waals surface area contributed by atoms with Gasteiger partial charge < -0.3 is 25.1 Å². The molecule has 0 fully saturated rings. The second-order valence-corrected chi connectivity index (χ2v) is 2.76. The van der Waals surface area contributed by atoms with Gasteiger partial charge in [0.05, 0.1) is 21.3 Å². The van der Waals surface area contributed by atoms with Gasteiger partial charge in [-0.05, 0) is 0 Å². The number of nitrogens with zero attached hydrogens (tertiary/aromatic N) is 1. The van der Waals surface area contributed by atoms with Gasteiger partial charge in [-0.3, -0.25) is 0 Å². The number of nitrogens with two attached hydrogens (primary N) is 1. The summed E-state index contributed by atoms with van der Waals surface area (Å²) in [5.41, 5.74) is 5.15. The van der Waals surface area contributed by atoms with Crippen LogP contribution in [-0.4, -0.2) is 37.4 Å². The van der Waals surface area contributed by atoms with Gasteiger partial charge in [-0.25, -0.2) is 9.78 Å². The van der Waals surface area contributed by atoms with Gasteiger partial charge >= 0.3 is 5.97 Å². The number of carboxylic acids is 1. The quantitative estimate of drug-likeness (QED) is 0.767. The fourth-order valence-electron chi connectivity index (χ4n) is 1.22. The van der Waals surface area contributed by atoms with Crippen molar-refractivity contribution in [2.75, 3.05) is 27.1 Å². The maximum absolute atomic E-state index is 10.9. The summed E-state index contributed by atoms with van der Waals surface area (Å²) in [5, 5.41) is 8.87. The highest BCUT2D eigenvalue weighted by atomic mass is 16.5. The minimum absolute atomic E-state index is 0.00551. The fraction of sp³-hybridized carbons (Fsp3) is 0.333. The Bertz CT molecular complexity index is 419. The van der Waals surface area contributed by atoms with Crippen LogP contribution < -0.4 is 19.9 Å². The Morgan fingerprint density at radius 1 is 1.19 bits per heavy atom. The molecule has 0 aliphatic rings. The number of ether oxygens (including phenoxy) is 3. The first kappa shape index (κ1) is 11.9. The third-order valence-corrected chi connectivity index (χ3v) is 1.92. The molecule has 7 nitrogen and oxygen atoms in total. The lowest BCUT2D eigenvalue weighted by atomic mass is 10.2. The maximum atomic E-state index is 10.9. The van der Waals surface area contributed by atoms with Crippen LogP contribution >= 0.6 is 0 Å². The van der Waals surface area contributed by atoms with E-state index in [9.17, 15) is 4.79 Å². The Morgan fingerprint density at radius 3 is 2.12 bits per heavy atom. The van der Waals surface area contributed by atoms with E-state index in [1.807, 2.05) is 0 Å². The zero-order chi connectivity index (χ0) is 12.3. The number of pyridine rings is 1. The average molecular weight is 228 g/mol. The number of anilines is 1. The molecule has 0 aliphatic heterocycles. The van der Waals surface area contributed by atoms with Crippen molar-refractivity contribution in [3.63, 3.8) is 0 Å². The number of aromatic carboxylic acids is 1. The van der Waals surface area contributed by atoms with E-state index in [4.69, 9.17) is 25.1 Å². The molecule has 0 amide bonds. The SMILES string of the molecule is COc1nc(C(=O)O)c(N)c(OC)c1OC. The zero-order valence-electron chi connectivity index (χ0n) is 9.10. The lowest BCUT2D eigenvalue weighted by molar-refractivity contribution is 0.0690. The summed E-state index contributed by atoms with van der Waals surface area (Å²) >= 11 is 0. The number of hydrogen-bond acceptors (Lipinski definition) is 6. The van der Waals surface area contributed by atoms with Gasteiger partial charge in [-0.1, -0.05) is 0 Å². The van der Waals surface area contributed by atoms with Gasteiger partial charge in [0.15, 0.2) is 11.4 Å². The molecule has 0 atom stereocenters. The topological polar surface area (TPSA) is 104 Å². The van der Waals surface area contributed by atoms with E-state index in [1.165, 1.54) is 21.3 Å². The molecule has 1 rings (SSSR count). The summed E-state index contributed by atoms with van der Waals surface area (Å²) < 4.78 is 14.8. The van der Waals surface area contributed by atoms with E-state index < -0.39 is 5.97 Å². The van der Waals surface area contributed by atoms with Crippen LogP contribution in [0, 0.1) is 0 Å². The highest BCUT2D eigenvalue weighted by molar-refractivity contribution is 5.94. The van der Waals surface area contributed by atoms with Crippen molar-refractivity contribution in [2.24, 2.45) is 0 Å². The highest BCUT2D eigenvalue weighted by Gasteiger charge is 2.23. The predicted octanol–water partition coefficient (Wildman–Crippen LogP) is 0.388. The van der Waals surface area contributed by atoms with E-state index >= 15 is 0 Å². The minimum Gasteiger partial charge on any atom is -0.491 e. The van der Waals surface area contributed by atoms with Crippen molar-refractivity contribution in [3.8, 4) is 17.4 Å². The molecule has 0 spiro atoms. The second-order valence-electron chi connectivity index (χ2n) is 2.76. The van der Waals surface area contributed by atoms with E-state index in [1.54, 1.807) is 0 Å². The number of carbonyl (C=O) groups is 1. The molecule has 0 aliphatic carbocycles. The van der Waals surface area contributed by atoms with Crippen LogP contribution in [0.2, 0.25) is 0 Å². The van der Waals surface area contributed by atoms with Crippen LogP contribution in [0.1, 0.15) is 10.5 Å². The van der Waals surface area contributed by atoms with Crippen molar-refractivity contribution in [1.29, 1.82) is 0 Å². The minimum atomic E-state index is -1.27. The molecule has 0 saturated heterocycles. The van der Waals surface area contributed by atoms with E-state index in [0.29, 0.717) is 0 Å². The normalized spacial score (nSPS) is 9.69. The van der Waals surface area contributed by atoms with Crippen LogP contribution in [0.25, 0.3) is 0 Å². The summed E-state index contributed by atoms with van der Waals surface area (Å²) in [5.74, 6) is -1.01. The first-order chi connectivity index (χ1) is 7.56. The van der Waals surface area contributed by atoms with Gasteiger partial charge in [-0.2, -0.15) is 0 Å². The molecule has 88 valence electrons. The number of nitrogen functional groups attached to an aromatic ring is 1. The number of rotatable bonds is 4. The van der Waals surface area contributed by atoms with Gasteiger partial charge in [0.2, 0.25) is 5.75 Å². The molecule has 16 heavy (non-hydrogen) atoms. The van der Waals surface area contributed by atoms with Crippen LogP contribution in [0.5, 0.6) is 17.4 Å². The van der Waals surface area contributed by atoms with Gasteiger partial charge in [0, 0.05) is 0 Å². The molecule has 0 bridgehead atoms. The summed E-state index contributed by atoms with van der Waals surface area (Å²) in [6.45, 7) is 0. The Hall–Kier alpha value is -2.18. The summed E-state index contributed by atoms with van der Waals surface area (Å²) in [6.07, 6.45) is 0. The van der Waals surface area contributed by atoms with Crippen molar-refractivity contribution >= 4 is 11.7 Å². The number of aromatic nitrogens is 1. The molecule has 1 aromatic heterocycles. The molecular formula is C9H12N2O5. The number of carboxylic acid groups (broad SMARTS) is 1. The molecule has 3 N–H and O–H groups in total. The van der Waals surface area contributed by atoms with E-state index in [2.05, 4.69) is 4.98 Å². The lowest BCUT2D eigenvalue weighted by Crippen LogP contribution is -2.10. The molecule has 1 aromatic rings. The molecule has 0 unspecified atom stereocenters. The van der Waals surface area contributed by atoms with Gasteiger partial charge in [0.1, 0.15) is 5.69 Å². The predicted molar refractivity (Wildman–Crippen MR) is 55.3 cm³/mol. The number of hydrogen-bond donors (Lipinski definition) is 2. The Morgan fingerprint density at radius 2 is 1.75 bits per heavy atom. The fourth-order valence-corrected chi connectivity index (χ4v) is 1.22. The second kappa shape index (κ2) is 4.56. The third-order valence-electron chi connectivity index (χ3n) is 1.92. The van der Waals surface area contributed by atoms with Crippen molar-refractivity contribution < 1.29 is 24.1 Å². The average Bonchev–Trinajstić information content (AvgIpc) is 2.27. The van der Waals surface area contributed by atoms with Crippen molar-refractivity contribution in [3.05, 3.63) is 5.69 Å². The summed E-state index contributed by atoms with van der Waals surface area (Å²) in [7, 11) is 4.06. The van der Waals surface area contributed by atoms with Crippen LogP contribution in [0.3, 0.4) is 0 Å². The monoisotopic (exact) mass is 228 g/mol. The Balaban J connectivity index is 3.54. The van der Waals surface area contributed by atoms with Crippen LogP contribution in [-0.2, 0) is 0 Å². The molecule has 0 saturated carbocycles. The van der Waals surface area contributed by atoms with Gasteiger partial charge in [-0.15, -0.1) is 0 Å². The van der Waals surface area contributed by atoms with Crippen molar-refractivity contribution in [1.82, 2.24) is 4.98 Å². The molecule has 0 aromatic carbocycles. The largest absolute Gasteiger partial charge is 0.491 e. The summed E-state index contributed by atoms with van der Waals surface area (Å²) in [6, 6.07) is 0. The van der Waals surface area contributed by atoms with E-state index in [-0.39, 0.29) is 28.8 Å². The third kappa shape index (κ3) is 1.79. The first-order valence-corrected chi connectivity index (χ1v) is 4.25. The molecule has 7 heteroatoms. The Labute approximate surface area is 91.7 Å². The number of methoxy groups -OCH3 is 3. The standard InChI is InChI=1S/C9H12N2O5/c1-14-6-4(10)5(9(12)13)11-8(16-3)7(6)15-2/h10H2,1-3H3,(H,12,13). The Kier molecular flexibility index (Phi) is 3.39. The van der Waals surface area contributed by atoms with Crippen LogP contribution in [0.15, 0.2) is 0 Å². The zero-order valence-corrected chi connectivity index (χ0v) is 9.10.